The number of aromatic amines is 1. The average Bonchev–Trinajstić information content (AvgIpc) is 2.40. The molecule has 1 heterocycles. The Morgan fingerprint density at radius 3 is 2.52 bits per heavy atom. The Hall–Kier alpha value is -1.47. The summed E-state index contributed by atoms with van der Waals surface area (Å²) in [6.45, 7) is 1.82. The molecule has 0 fully saturated rings. The number of hydrogen-bond acceptors (Lipinski definition) is 4. The molecule has 0 bridgehead atoms. The number of rotatable bonds is 4. The Kier molecular flexibility index (Phi) is 4.95. The zero-order chi connectivity index (χ0) is 15.6. The first kappa shape index (κ1) is 15.9. The number of thioether (sulfide) groups is 1. The Labute approximate surface area is 134 Å². The molecule has 1 aromatic heterocycles. The molecule has 0 amide bonds. The molecule has 2 aromatic rings. The summed E-state index contributed by atoms with van der Waals surface area (Å²) in [5, 5.41) is 10.4. The van der Waals surface area contributed by atoms with Crippen molar-refractivity contribution >= 4 is 27.7 Å². The van der Waals surface area contributed by atoms with E-state index in [1.54, 1.807) is 36.0 Å². The lowest BCUT2D eigenvalue weighted by Crippen LogP contribution is -2.33. The first-order chi connectivity index (χ1) is 9.95. The maximum absolute atomic E-state index is 12.0. The highest BCUT2D eigenvalue weighted by Gasteiger charge is 2.19. The second kappa shape index (κ2) is 6.53. The lowest BCUT2D eigenvalue weighted by atomic mass is 10.1. The van der Waals surface area contributed by atoms with E-state index in [0.717, 1.165) is 4.47 Å². The molecule has 112 valence electrons. The molecule has 7 heteroatoms. The number of halogens is 1. The summed E-state index contributed by atoms with van der Waals surface area (Å²) in [6, 6.07) is 6.74. The topological polar surface area (TPSA) is 75.1 Å². The van der Waals surface area contributed by atoms with E-state index in [2.05, 4.69) is 20.9 Å². The van der Waals surface area contributed by atoms with Crippen LogP contribution in [0.25, 0.3) is 11.1 Å². The maximum atomic E-state index is 12.0. The van der Waals surface area contributed by atoms with Crippen molar-refractivity contribution in [3.05, 3.63) is 49.6 Å². The number of aromatic nitrogens is 2. The highest BCUT2D eigenvalue weighted by atomic mass is 79.9. The Balaban J connectivity index is 2.67. The number of nitrogens with zero attached hydrogens (tertiary/aromatic N) is 1. The van der Waals surface area contributed by atoms with Gasteiger partial charge >= 0.3 is 5.69 Å². The summed E-state index contributed by atoms with van der Waals surface area (Å²) in [4.78, 5) is 26.3. The summed E-state index contributed by atoms with van der Waals surface area (Å²) in [5.41, 5.74) is -0.524. The van der Waals surface area contributed by atoms with Crippen LogP contribution in [0.2, 0.25) is 0 Å². The molecule has 0 saturated carbocycles. The summed E-state index contributed by atoms with van der Waals surface area (Å²) in [5.74, 6) is 0.354. The Bertz CT molecular complexity index is 752. The van der Waals surface area contributed by atoms with Crippen LogP contribution in [0.1, 0.15) is 13.0 Å². The van der Waals surface area contributed by atoms with Gasteiger partial charge in [0.15, 0.2) is 0 Å². The van der Waals surface area contributed by atoms with E-state index in [9.17, 15) is 14.7 Å². The van der Waals surface area contributed by atoms with Crippen LogP contribution in [0.5, 0.6) is 5.88 Å². The van der Waals surface area contributed by atoms with Gasteiger partial charge in [0, 0.05) is 16.3 Å². The molecule has 0 aliphatic heterocycles. The monoisotopic (exact) mass is 370 g/mol. The predicted molar refractivity (Wildman–Crippen MR) is 89.2 cm³/mol. The van der Waals surface area contributed by atoms with Crippen LogP contribution in [-0.2, 0) is 0 Å². The third-order valence-corrected chi connectivity index (χ3v) is 4.44. The fourth-order valence-corrected chi connectivity index (χ4v) is 3.04. The Morgan fingerprint density at radius 1 is 1.33 bits per heavy atom. The van der Waals surface area contributed by atoms with Gasteiger partial charge in [0.05, 0.1) is 0 Å². The smallest absolute Gasteiger partial charge is 0.331 e. The van der Waals surface area contributed by atoms with E-state index in [1.807, 2.05) is 13.2 Å². The van der Waals surface area contributed by atoms with Crippen molar-refractivity contribution in [2.45, 2.75) is 13.0 Å². The third kappa shape index (κ3) is 3.24. The first-order valence-electron chi connectivity index (χ1n) is 6.28. The van der Waals surface area contributed by atoms with Crippen molar-refractivity contribution in [3.63, 3.8) is 0 Å². The molecule has 1 aromatic carbocycles. The van der Waals surface area contributed by atoms with Gasteiger partial charge < -0.3 is 5.11 Å². The van der Waals surface area contributed by atoms with Gasteiger partial charge in [0.2, 0.25) is 5.88 Å². The van der Waals surface area contributed by atoms with Crippen molar-refractivity contribution in [3.8, 4) is 17.0 Å². The highest BCUT2D eigenvalue weighted by molar-refractivity contribution is 9.10. The van der Waals surface area contributed by atoms with E-state index in [1.165, 1.54) is 4.57 Å². The molecule has 5 nitrogen and oxygen atoms in total. The van der Waals surface area contributed by atoms with E-state index in [-0.39, 0.29) is 17.5 Å². The number of benzene rings is 1. The fourth-order valence-electron chi connectivity index (χ4n) is 2.14. The lowest BCUT2D eigenvalue weighted by molar-refractivity contribution is 0.386. The minimum absolute atomic E-state index is 0.107. The molecule has 2 N–H and O–H groups in total. The molecule has 0 aliphatic rings. The van der Waals surface area contributed by atoms with Gasteiger partial charge in [-0.25, -0.2) is 4.79 Å². The van der Waals surface area contributed by atoms with E-state index in [0.29, 0.717) is 11.3 Å². The van der Waals surface area contributed by atoms with Crippen molar-refractivity contribution in [2.24, 2.45) is 0 Å². The number of nitrogens with one attached hydrogen (secondary N) is 1. The maximum Gasteiger partial charge on any atom is 0.331 e. The normalized spacial score (nSPS) is 12.3. The lowest BCUT2D eigenvalue weighted by Gasteiger charge is -2.17. The minimum atomic E-state index is -0.597. The largest absolute Gasteiger partial charge is 0.494 e. The van der Waals surface area contributed by atoms with Crippen LogP contribution in [0.3, 0.4) is 0 Å². The molecule has 0 saturated heterocycles. The minimum Gasteiger partial charge on any atom is -0.494 e. The van der Waals surface area contributed by atoms with E-state index in [4.69, 9.17) is 0 Å². The average molecular weight is 371 g/mol. The second-order valence-corrected chi connectivity index (χ2v) is 6.47. The van der Waals surface area contributed by atoms with Crippen molar-refractivity contribution in [1.82, 2.24) is 9.55 Å². The van der Waals surface area contributed by atoms with Gasteiger partial charge in [-0.15, -0.1) is 0 Å². The summed E-state index contributed by atoms with van der Waals surface area (Å²) >= 11 is 4.88. The van der Waals surface area contributed by atoms with Gasteiger partial charge in [0.25, 0.3) is 5.56 Å². The quantitative estimate of drug-likeness (QED) is 0.867. The van der Waals surface area contributed by atoms with Gasteiger partial charge in [-0.3, -0.25) is 14.3 Å². The SMILES string of the molecule is CSCC(C)n1c(O)c(-c2ccc(Br)cc2)c(=O)[nH]c1=O. The summed E-state index contributed by atoms with van der Waals surface area (Å²) < 4.78 is 2.08. The molecule has 2 rings (SSSR count). The molecular formula is C14H15BrN2O3S. The van der Waals surface area contributed by atoms with Gasteiger partial charge in [-0.1, -0.05) is 28.1 Å². The molecule has 21 heavy (non-hydrogen) atoms. The fraction of sp³-hybridized carbons (Fsp3) is 0.286. The van der Waals surface area contributed by atoms with Crippen LogP contribution >= 0.6 is 27.7 Å². The number of hydrogen-bond donors (Lipinski definition) is 2. The van der Waals surface area contributed by atoms with Crippen molar-refractivity contribution in [2.75, 3.05) is 12.0 Å². The second-order valence-electron chi connectivity index (χ2n) is 4.64. The van der Waals surface area contributed by atoms with Gasteiger partial charge in [-0.2, -0.15) is 11.8 Å². The van der Waals surface area contributed by atoms with E-state index >= 15 is 0 Å². The molecule has 0 radical (unpaired) electrons. The predicted octanol–water partition coefficient (Wildman–Crippen LogP) is 2.60. The van der Waals surface area contributed by atoms with Crippen LogP contribution in [0.4, 0.5) is 0 Å². The zero-order valence-electron chi connectivity index (χ0n) is 11.6. The zero-order valence-corrected chi connectivity index (χ0v) is 14.0. The van der Waals surface area contributed by atoms with Crippen LogP contribution < -0.4 is 11.2 Å². The molecule has 0 spiro atoms. The molecule has 1 unspecified atom stereocenters. The van der Waals surface area contributed by atoms with Gasteiger partial charge in [-0.05, 0) is 30.9 Å². The molecule has 0 aliphatic carbocycles. The highest BCUT2D eigenvalue weighted by Crippen LogP contribution is 2.27. The molecule has 1 atom stereocenters. The first-order valence-corrected chi connectivity index (χ1v) is 8.47. The van der Waals surface area contributed by atoms with Crippen LogP contribution in [0.15, 0.2) is 38.3 Å². The molecular weight excluding hydrogens is 356 g/mol. The number of aromatic hydroxyl groups is 1. The van der Waals surface area contributed by atoms with Crippen LogP contribution in [-0.4, -0.2) is 26.7 Å². The van der Waals surface area contributed by atoms with Crippen molar-refractivity contribution in [1.29, 1.82) is 0 Å². The van der Waals surface area contributed by atoms with Crippen LogP contribution in [0, 0.1) is 0 Å². The standard InChI is InChI=1S/C14H15BrN2O3S/c1-8(7-21-2)17-13(19)11(12(18)16-14(17)20)9-3-5-10(15)6-4-9/h3-6,8,19H,7H2,1-2H3,(H,16,18,20). The number of H-pyrrole nitrogens is 1. The summed E-state index contributed by atoms with van der Waals surface area (Å²) in [7, 11) is 0. The third-order valence-electron chi connectivity index (χ3n) is 3.10. The summed E-state index contributed by atoms with van der Waals surface area (Å²) in [6.07, 6.45) is 1.92. The van der Waals surface area contributed by atoms with Crippen molar-refractivity contribution < 1.29 is 5.11 Å². The van der Waals surface area contributed by atoms with E-state index < -0.39 is 11.2 Å². The Morgan fingerprint density at radius 2 is 1.95 bits per heavy atom. The van der Waals surface area contributed by atoms with Gasteiger partial charge in [0.1, 0.15) is 5.56 Å².